The number of nitrogens with zero attached hydrogens (tertiary/aromatic N) is 2. The lowest BCUT2D eigenvalue weighted by atomic mass is 10.1. The number of nitrogens with one attached hydrogen (secondary N) is 1. The van der Waals surface area contributed by atoms with E-state index in [-0.39, 0.29) is 24.0 Å². The quantitative estimate of drug-likeness (QED) is 0.158. The Kier molecular flexibility index (Phi) is 13.1. The van der Waals surface area contributed by atoms with E-state index in [9.17, 15) is 0 Å². The molecule has 1 aromatic carbocycles. The highest BCUT2D eigenvalue weighted by atomic mass is 127. The van der Waals surface area contributed by atoms with Gasteiger partial charge in [0.25, 0.3) is 0 Å². The van der Waals surface area contributed by atoms with Crippen LogP contribution in [0.1, 0.15) is 45.4 Å². The molecule has 0 amide bonds. The summed E-state index contributed by atoms with van der Waals surface area (Å²) in [4.78, 5) is 8.60. The molecule has 2 saturated heterocycles. The summed E-state index contributed by atoms with van der Waals surface area (Å²) in [5, 5.41) is 3.47. The molecule has 30 heavy (non-hydrogen) atoms. The number of guanidine groups is 1. The van der Waals surface area contributed by atoms with Gasteiger partial charge in [-0.1, -0.05) is 18.2 Å². The maximum atomic E-state index is 6.15. The molecule has 7 heteroatoms. The van der Waals surface area contributed by atoms with Gasteiger partial charge in [-0.2, -0.15) is 0 Å². The Hall–Kier alpha value is -0.510. The Bertz CT molecular complexity index is 591. The third kappa shape index (κ3) is 9.32. The summed E-state index contributed by atoms with van der Waals surface area (Å²) in [5.41, 5.74) is 0. The van der Waals surface area contributed by atoms with Gasteiger partial charge in [-0.05, 0) is 63.3 Å². The number of thioether (sulfide) groups is 1. The Balaban J connectivity index is 0.00000320. The standard InChI is InChI=1S/C23H37N3O2S.HI/c1-2-24-23(25-14-8-18-29-22-10-4-3-5-11-22)26-15-12-20(13-16-26)28-19-21-9-6-7-17-27-21;/h3-5,10-11,20-21H,2,6-9,12-19H2,1H3,(H,24,25);1H. The van der Waals surface area contributed by atoms with Crippen LogP contribution >= 0.6 is 35.7 Å². The van der Waals surface area contributed by atoms with Crippen LogP contribution in [0.15, 0.2) is 40.2 Å². The van der Waals surface area contributed by atoms with E-state index in [1.165, 1.54) is 17.7 Å². The number of halogens is 1. The van der Waals surface area contributed by atoms with Crippen LogP contribution in [0.5, 0.6) is 0 Å². The highest BCUT2D eigenvalue weighted by Gasteiger charge is 2.23. The van der Waals surface area contributed by atoms with Crippen molar-refractivity contribution >= 4 is 41.7 Å². The molecule has 2 heterocycles. The normalized spacial score (nSPS) is 20.6. The molecule has 0 spiro atoms. The second-order valence-corrected chi connectivity index (χ2v) is 8.93. The van der Waals surface area contributed by atoms with Gasteiger partial charge in [-0.15, -0.1) is 35.7 Å². The molecule has 0 bridgehead atoms. The summed E-state index contributed by atoms with van der Waals surface area (Å²) in [6, 6.07) is 10.6. The van der Waals surface area contributed by atoms with Gasteiger partial charge < -0.3 is 19.7 Å². The number of hydrogen-bond acceptors (Lipinski definition) is 4. The van der Waals surface area contributed by atoms with Crippen molar-refractivity contribution < 1.29 is 9.47 Å². The minimum absolute atomic E-state index is 0. The van der Waals surface area contributed by atoms with Crippen LogP contribution in [-0.4, -0.2) is 68.2 Å². The van der Waals surface area contributed by atoms with E-state index in [0.29, 0.717) is 12.2 Å². The van der Waals surface area contributed by atoms with E-state index in [0.717, 1.165) is 76.8 Å². The van der Waals surface area contributed by atoms with Crippen LogP contribution in [0.2, 0.25) is 0 Å². The maximum absolute atomic E-state index is 6.15. The summed E-state index contributed by atoms with van der Waals surface area (Å²) in [6.07, 6.45) is 7.54. The molecule has 2 fully saturated rings. The Morgan fingerprint density at radius 3 is 2.70 bits per heavy atom. The smallest absolute Gasteiger partial charge is 0.193 e. The summed E-state index contributed by atoms with van der Waals surface area (Å²) in [7, 11) is 0. The number of hydrogen-bond donors (Lipinski definition) is 1. The second kappa shape index (κ2) is 15.3. The van der Waals surface area contributed by atoms with E-state index in [4.69, 9.17) is 14.5 Å². The van der Waals surface area contributed by atoms with Crippen molar-refractivity contribution in [2.24, 2.45) is 4.99 Å². The van der Waals surface area contributed by atoms with Gasteiger partial charge in [-0.25, -0.2) is 0 Å². The molecule has 1 N–H and O–H groups in total. The fraction of sp³-hybridized carbons (Fsp3) is 0.696. The lowest BCUT2D eigenvalue weighted by Gasteiger charge is -2.35. The highest BCUT2D eigenvalue weighted by Crippen LogP contribution is 2.19. The average molecular weight is 548 g/mol. The van der Waals surface area contributed by atoms with Crippen molar-refractivity contribution in [3.63, 3.8) is 0 Å². The number of likely N-dealkylation sites (tertiary alicyclic amines) is 1. The predicted molar refractivity (Wildman–Crippen MR) is 137 cm³/mol. The number of benzene rings is 1. The first-order valence-electron chi connectivity index (χ1n) is 11.3. The fourth-order valence-electron chi connectivity index (χ4n) is 3.80. The largest absolute Gasteiger partial charge is 0.376 e. The van der Waals surface area contributed by atoms with Gasteiger partial charge in [0.1, 0.15) is 0 Å². The van der Waals surface area contributed by atoms with Gasteiger partial charge in [0, 0.05) is 37.7 Å². The minimum Gasteiger partial charge on any atom is -0.376 e. The molecule has 1 aromatic rings. The first kappa shape index (κ1) is 25.7. The molecule has 3 rings (SSSR count). The Labute approximate surface area is 203 Å². The van der Waals surface area contributed by atoms with Gasteiger partial charge in [-0.3, -0.25) is 4.99 Å². The first-order chi connectivity index (χ1) is 14.3. The third-order valence-electron chi connectivity index (χ3n) is 5.44. The fourth-order valence-corrected chi connectivity index (χ4v) is 4.66. The molecule has 0 radical (unpaired) electrons. The molecule has 1 atom stereocenters. The molecular formula is C23H38IN3O2S. The van der Waals surface area contributed by atoms with E-state index >= 15 is 0 Å². The Morgan fingerprint density at radius 2 is 2.00 bits per heavy atom. The van der Waals surface area contributed by atoms with Crippen LogP contribution in [-0.2, 0) is 9.47 Å². The number of ether oxygens (including phenoxy) is 2. The molecule has 1 unspecified atom stereocenters. The van der Waals surface area contributed by atoms with Crippen LogP contribution in [0.25, 0.3) is 0 Å². The van der Waals surface area contributed by atoms with Crippen LogP contribution in [0.4, 0.5) is 0 Å². The van der Waals surface area contributed by atoms with Crippen LogP contribution in [0.3, 0.4) is 0 Å². The zero-order chi connectivity index (χ0) is 20.2. The zero-order valence-corrected chi connectivity index (χ0v) is 21.4. The van der Waals surface area contributed by atoms with E-state index in [1.54, 1.807) is 0 Å². The SMILES string of the molecule is CCNC(=NCCCSc1ccccc1)N1CCC(OCC2CCCCO2)CC1.I. The molecule has 170 valence electrons. The summed E-state index contributed by atoms with van der Waals surface area (Å²) < 4.78 is 11.9. The number of rotatable bonds is 9. The zero-order valence-electron chi connectivity index (χ0n) is 18.3. The lowest BCUT2D eigenvalue weighted by molar-refractivity contribution is -0.0721. The number of aliphatic imine (C=N–C) groups is 1. The van der Waals surface area contributed by atoms with E-state index in [2.05, 4.69) is 47.5 Å². The predicted octanol–water partition coefficient (Wildman–Crippen LogP) is 4.80. The van der Waals surface area contributed by atoms with Crippen molar-refractivity contribution in [2.75, 3.05) is 45.1 Å². The van der Waals surface area contributed by atoms with E-state index in [1.807, 2.05) is 11.8 Å². The highest BCUT2D eigenvalue weighted by molar-refractivity contribution is 14.0. The molecule has 0 aliphatic carbocycles. The van der Waals surface area contributed by atoms with Gasteiger partial charge in [0.15, 0.2) is 5.96 Å². The van der Waals surface area contributed by atoms with Crippen molar-refractivity contribution in [1.82, 2.24) is 10.2 Å². The van der Waals surface area contributed by atoms with Gasteiger partial charge >= 0.3 is 0 Å². The summed E-state index contributed by atoms with van der Waals surface area (Å²) in [5.74, 6) is 2.16. The van der Waals surface area contributed by atoms with Crippen LogP contribution < -0.4 is 5.32 Å². The van der Waals surface area contributed by atoms with Crippen molar-refractivity contribution in [1.29, 1.82) is 0 Å². The first-order valence-corrected chi connectivity index (χ1v) is 12.3. The minimum atomic E-state index is 0. The summed E-state index contributed by atoms with van der Waals surface area (Å²) in [6.45, 7) is 7.61. The van der Waals surface area contributed by atoms with Gasteiger partial charge in [0.2, 0.25) is 0 Å². The molecule has 0 aromatic heterocycles. The van der Waals surface area contributed by atoms with Crippen molar-refractivity contribution in [3.8, 4) is 0 Å². The van der Waals surface area contributed by atoms with Crippen molar-refractivity contribution in [3.05, 3.63) is 30.3 Å². The Morgan fingerprint density at radius 1 is 1.20 bits per heavy atom. The monoisotopic (exact) mass is 547 g/mol. The molecule has 2 aliphatic rings. The van der Waals surface area contributed by atoms with Crippen LogP contribution in [0, 0.1) is 0 Å². The van der Waals surface area contributed by atoms with Crippen molar-refractivity contribution in [2.45, 2.75) is 62.6 Å². The maximum Gasteiger partial charge on any atom is 0.193 e. The molecular weight excluding hydrogens is 509 g/mol. The summed E-state index contributed by atoms with van der Waals surface area (Å²) >= 11 is 1.91. The topological polar surface area (TPSA) is 46.1 Å². The average Bonchev–Trinajstić information content (AvgIpc) is 2.78. The molecule has 0 saturated carbocycles. The number of piperidine rings is 1. The molecule has 2 aliphatic heterocycles. The molecule has 5 nitrogen and oxygen atoms in total. The second-order valence-electron chi connectivity index (χ2n) is 7.76. The van der Waals surface area contributed by atoms with Gasteiger partial charge in [0.05, 0.1) is 18.8 Å². The lowest BCUT2D eigenvalue weighted by Crippen LogP contribution is -2.47. The third-order valence-corrected chi connectivity index (χ3v) is 6.54. The van der Waals surface area contributed by atoms with E-state index < -0.39 is 0 Å².